The number of urea groups is 1. The topological polar surface area (TPSA) is 78.9 Å². The Morgan fingerprint density at radius 3 is 2.70 bits per heavy atom. The van der Waals surface area contributed by atoms with Gasteiger partial charge in [-0.3, -0.25) is 0 Å². The van der Waals surface area contributed by atoms with E-state index in [1.54, 1.807) is 12.0 Å². The molecule has 1 rings (SSSR count). The first-order chi connectivity index (χ1) is 9.49. The van der Waals surface area contributed by atoms with Crippen LogP contribution in [0.2, 0.25) is 0 Å². The number of amides is 2. The summed E-state index contributed by atoms with van der Waals surface area (Å²) in [7, 11) is 1.64. The monoisotopic (exact) mass is 284 g/mol. The van der Waals surface area contributed by atoms with Crippen LogP contribution in [0.3, 0.4) is 0 Å². The van der Waals surface area contributed by atoms with Crippen molar-refractivity contribution in [1.82, 2.24) is 10.2 Å². The van der Waals surface area contributed by atoms with Crippen LogP contribution in [0, 0.1) is 5.92 Å². The zero-order valence-electron chi connectivity index (χ0n) is 12.4. The van der Waals surface area contributed by atoms with Gasteiger partial charge in [0.2, 0.25) is 0 Å². The number of carbonyl (C=O) groups is 2. The van der Waals surface area contributed by atoms with E-state index in [2.05, 4.69) is 5.32 Å². The molecule has 0 aliphatic carbocycles. The molecule has 2 atom stereocenters. The lowest BCUT2D eigenvalue weighted by atomic mass is 9.99. The van der Waals surface area contributed by atoms with Gasteiger partial charge in [-0.15, -0.1) is 0 Å². The van der Waals surface area contributed by atoms with Crippen molar-refractivity contribution in [2.24, 2.45) is 5.92 Å². The molecule has 0 aromatic heterocycles. The number of methoxy groups -OCH3 is 1. The zero-order valence-corrected chi connectivity index (χ0v) is 12.4. The number of nitrogens with zero attached hydrogens (tertiary/aromatic N) is 1. The minimum absolute atomic E-state index is 0.0964. The quantitative estimate of drug-likeness (QED) is 0.724. The van der Waals surface area contributed by atoms with Crippen molar-refractivity contribution >= 4 is 12.0 Å². The van der Waals surface area contributed by atoms with Crippen molar-refractivity contribution in [3.63, 3.8) is 0 Å². The summed E-state index contributed by atoms with van der Waals surface area (Å²) in [4.78, 5) is 24.9. The fourth-order valence-corrected chi connectivity index (χ4v) is 2.12. The van der Waals surface area contributed by atoms with Crippen LogP contribution >= 0.6 is 0 Å². The highest BCUT2D eigenvalue weighted by Gasteiger charge is 2.27. The zero-order chi connectivity index (χ0) is 15.1. The van der Waals surface area contributed by atoms with E-state index in [0.29, 0.717) is 26.1 Å². The molecule has 1 aliphatic heterocycles. The second-order valence-electron chi connectivity index (χ2n) is 5.14. The Morgan fingerprint density at radius 2 is 2.25 bits per heavy atom. The molecule has 0 bridgehead atoms. The van der Waals surface area contributed by atoms with Gasteiger partial charge < -0.3 is 20.1 Å². The van der Waals surface area contributed by atoms with Crippen LogP contribution in [0.5, 0.6) is 0 Å². The Labute approximate surface area is 119 Å². The van der Waals surface area contributed by atoms with Gasteiger partial charge in [0.15, 0.2) is 0 Å². The SMILES string of the molecule is CCC(C)C(NC(=O)N1CC=C(COC)CC1)C(=O)O. The molecule has 0 aromatic carbocycles. The van der Waals surface area contributed by atoms with Gasteiger partial charge in [-0.25, -0.2) is 9.59 Å². The molecule has 114 valence electrons. The summed E-state index contributed by atoms with van der Waals surface area (Å²) in [5.74, 6) is -1.08. The number of carboxylic acids is 1. The molecule has 0 fully saturated rings. The summed E-state index contributed by atoms with van der Waals surface area (Å²) in [5.41, 5.74) is 1.17. The molecule has 0 spiro atoms. The van der Waals surface area contributed by atoms with Crippen molar-refractivity contribution in [2.45, 2.75) is 32.7 Å². The molecule has 0 aromatic rings. The largest absolute Gasteiger partial charge is 0.480 e. The average molecular weight is 284 g/mol. The third kappa shape index (κ3) is 4.52. The smallest absolute Gasteiger partial charge is 0.326 e. The first kappa shape index (κ1) is 16.5. The van der Waals surface area contributed by atoms with Crippen LogP contribution in [-0.2, 0) is 9.53 Å². The highest BCUT2D eigenvalue weighted by molar-refractivity contribution is 5.83. The first-order valence-corrected chi connectivity index (χ1v) is 6.94. The summed E-state index contributed by atoms with van der Waals surface area (Å²) < 4.78 is 5.05. The van der Waals surface area contributed by atoms with Crippen molar-refractivity contribution < 1.29 is 19.4 Å². The molecule has 2 unspecified atom stereocenters. The van der Waals surface area contributed by atoms with E-state index in [-0.39, 0.29) is 11.9 Å². The molecule has 2 N–H and O–H groups in total. The molecule has 6 heteroatoms. The highest BCUT2D eigenvalue weighted by Crippen LogP contribution is 2.13. The van der Waals surface area contributed by atoms with Crippen molar-refractivity contribution in [3.8, 4) is 0 Å². The van der Waals surface area contributed by atoms with E-state index in [1.165, 1.54) is 5.57 Å². The summed E-state index contributed by atoms with van der Waals surface area (Å²) in [6.07, 6.45) is 3.43. The van der Waals surface area contributed by atoms with E-state index in [4.69, 9.17) is 4.74 Å². The Morgan fingerprint density at radius 1 is 1.55 bits per heavy atom. The number of nitrogens with one attached hydrogen (secondary N) is 1. The van der Waals surface area contributed by atoms with Gasteiger partial charge in [-0.1, -0.05) is 26.3 Å². The van der Waals surface area contributed by atoms with Crippen molar-refractivity contribution in [1.29, 1.82) is 0 Å². The predicted octanol–water partition coefficient (Wildman–Crippen LogP) is 1.47. The number of rotatable bonds is 6. The van der Waals surface area contributed by atoms with E-state index in [0.717, 1.165) is 6.42 Å². The third-order valence-electron chi connectivity index (χ3n) is 3.68. The molecule has 6 nitrogen and oxygen atoms in total. The molecular formula is C14H24N2O4. The fourth-order valence-electron chi connectivity index (χ4n) is 2.12. The maximum atomic E-state index is 12.1. The third-order valence-corrected chi connectivity index (χ3v) is 3.68. The molecule has 20 heavy (non-hydrogen) atoms. The van der Waals surface area contributed by atoms with Gasteiger partial charge in [-0.05, 0) is 17.9 Å². The molecule has 2 amide bonds. The van der Waals surface area contributed by atoms with E-state index in [1.807, 2.05) is 19.9 Å². The van der Waals surface area contributed by atoms with E-state index >= 15 is 0 Å². The lowest BCUT2D eigenvalue weighted by Crippen LogP contribution is -2.51. The Bertz CT molecular complexity index is 381. The summed E-state index contributed by atoms with van der Waals surface area (Å²) in [6.45, 7) is 5.41. The van der Waals surface area contributed by atoms with Gasteiger partial charge in [0, 0.05) is 20.2 Å². The van der Waals surface area contributed by atoms with Crippen LogP contribution in [0.1, 0.15) is 26.7 Å². The Hall–Kier alpha value is -1.56. The summed E-state index contributed by atoms with van der Waals surface area (Å²) in [5, 5.41) is 11.8. The number of hydrogen-bond donors (Lipinski definition) is 2. The molecular weight excluding hydrogens is 260 g/mol. The molecule has 0 saturated carbocycles. The van der Waals surface area contributed by atoms with Gasteiger partial charge in [0.1, 0.15) is 6.04 Å². The number of ether oxygens (including phenoxy) is 1. The number of aliphatic carboxylic acids is 1. The fraction of sp³-hybridized carbons (Fsp3) is 0.714. The van der Waals surface area contributed by atoms with E-state index in [9.17, 15) is 14.7 Å². The van der Waals surface area contributed by atoms with Gasteiger partial charge in [0.05, 0.1) is 6.61 Å². The molecule has 1 heterocycles. The van der Waals surface area contributed by atoms with Crippen LogP contribution in [0.15, 0.2) is 11.6 Å². The molecule has 0 radical (unpaired) electrons. The second-order valence-corrected chi connectivity index (χ2v) is 5.14. The van der Waals surface area contributed by atoms with Crippen LogP contribution < -0.4 is 5.32 Å². The van der Waals surface area contributed by atoms with Crippen molar-refractivity contribution in [3.05, 3.63) is 11.6 Å². The first-order valence-electron chi connectivity index (χ1n) is 6.94. The standard InChI is InChI=1S/C14H24N2O4/c1-4-10(2)12(13(17)18)15-14(19)16-7-5-11(6-8-16)9-20-3/h5,10,12H,4,6-9H2,1-3H3,(H,15,19)(H,17,18). The van der Waals surface area contributed by atoms with Crippen LogP contribution in [0.25, 0.3) is 0 Å². The second kappa shape index (κ2) is 7.89. The van der Waals surface area contributed by atoms with Crippen molar-refractivity contribution in [2.75, 3.05) is 26.8 Å². The normalized spacial score (nSPS) is 18.1. The highest BCUT2D eigenvalue weighted by atomic mass is 16.5. The van der Waals surface area contributed by atoms with Crippen LogP contribution in [-0.4, -0.2) is 54.9 Å². The number of carbonyl (C=O) groups excluding carboxylic acids is 1. The van der Waals surface area contributed by atoms with E-state index < -0.39 is 12.0 Å². The molecule has 0 saturated heterocycles. The maximum absolute atomic E-state index is 12.1. The summed E-state index contributed by atoms with van der Waals surface area (Å²) >= 11 is 0. The van der Waals surface area contributed by atoms with Gasteiger partial charge >= 0.3 is 12.0 Å². The predicted molar refractivity (Wildman–Crippen MR) is 75.6 cm³/mol. The Kier molecular flexibility index (Phi) is 6.51. The lowest BCUT2D eigenvalue weighted by Gasteiger charge is -2.29. The lowest BCUT2D eigenvalue weighted by molar-refractivity contribution is -0.140. The van der Waals surface area contributed by atoms with Gasteiger partial charge in [0.25, 0.3) is 0 Å². The summed E-state index contributed by atoms with van der Waals surface area (Å²) in [6, 6.07) is -1.15. The Balaban J connectivity index is 2.56. The maximum Gasteiger partial charge on any atom is 0.326 e. The van der Waals surface area contributed by atoms with Crippen LogP contribution in [0.4, 0.5) is 4.79 Å². The number of hydrogen-bond acceptors (Lipinski definition) is 3. The minimum Gasteiger partial charge on any atom is -0.480 e. The minimum atomic E-state index is -0.986. The molecule has 1 aliphatic rings. The number of carboxylic acid groups (broad SMARTS) is 1. The average Bonchev–Trinajstić information content (AvgIpc) is 2.44. The van der Waals surface area contributed by atoms with Gasteiger partial charge in [-0.2, -0.15) is 0 Å².